The molecule has 0 aliphatic carbocycles. The first kappa shape index (κ1) is 18.1. The molecule has 7 heteroatoms. The summed E-state index contributed by atoms with van der Waals surface area (Å²) in [6, 6.07) is 9.73. The van der Waals surface area contributed by atoms with E-state index in [0.29, 0.717) is 40.5 Å². The van der Waals surface area contributed by atoms with Crippen LogP contribution in [0.3, 0.4) is 0 Å². The first-order valence-corrected chi connectivity index (χ1v) is 7.39. The van der Waals surface area contributed by atoms with Crippen molar-refractivity contribution in [2.24, 2.45) is 0 Å². The highest BCUT2D eigenvalue weighted by Gasteiger charge is 2.11. The number of methoxy groups -OCH3 is 3. The summed E-state index contributed by atoms with van der Waals surface area (Å²) < 4.78 is 20.9. The summed E-state index contributed by atoms with van der Waals surface area (Å²) in [5, 5.41) is 2.69. The number of hydrogen-bond donors (Lipinski definition) is 1. The standard InChI is InChI=1S/C18H19NO6/c1-22-14-7-5-13(9-16(14)24-3)19-18(21)11-25-17-8-12(10-20)4-6-15(17)23-2/h4-10H,11H2,1-3H3,(H,19,21). The first-order chi connectivity index (χ1) is 12.1. The first-order valence-electron chi connectivity index (χ1n) is 7.39. The van der Waals surface area contributed by atoms with Crippen molar-refractivity contribution >= 4 is 17.9 Å². The maximum atomic E-state index is 12.1. The molecule has 0 atom stereocenters. The van der Waals surface area contributed by atoms with Crippen LogP contribution >= 0.6 is 0 Å². The Morgan fingerprint density at radius 2 is 1.56 bits per heavy atom. The molecular weight excluding hydrogens is 326 g/mol. The molecule has 0 bridgehead atoms. The van der Waals surface area contributed by atoms with Crippen LogP contribution in [0.1, 0.15) is 10.4 Å². The second-order valence-corrected chi connectivity index (χ2v) is 4.93. The molecule has 0 radical (unpaired) electrons. The molecule has 132 valence electrons. The van der Waals surface area contributed by atoms with E-state index in [1.807, 2.05) is 0 Å². The average Bonchev–Trinajstić information content (AvgIpc) is 2.65. The molecule has 7 nitrogen and oxygen atoms in total. The van der Waals surface area contributed by atoms with Gasteiger partial charge >= 0.3 is 0 Å². The molecule has 0 aliphatic rings. The summed E-state index contributed by atoms with van der Waals surface area (Å²) >= 11 is 0. The van der Waals surface area contributed by atoms with Crippen molar-refractivity contribution < 1.29 is 28.5 Å². The fraction of sp³-hybridized carbons (Fsp3) is 0.222. The Morgan fingerprint density at radius 1 is 0.920 bits per heavy atom. The van der Waals surface area contributed by atoms with Crippen LogP contribution in [-0.4, -0.2) is 40.1 Å². The highest BCUT2D eigenvalue weighted by Crippen LogP contribution is 2.30. The van der Waals surface area contributed by atoms with Gasteiger partial charge in [0, 0.05) is 17.3 Å². The smallest absolute Gasteiger partial charge is 0.262 e. The summed E-state index contributed by atoms with van der Waals surface area (Å²) in [6.07, 6.45) is 0.690. The Hall–Kier alpha value is -3.22. The molecule has 0 unspecified atom stereocenters. The largest absolute Gasteiger partial charge is 0.493 e. The lowest BCUT2D eigenvalue weighted by Crippen LogP contribution is -2.20. The predicted molar refractivity (Wildman–Crippen MR) is 92.1 cm³/mol. The molecule has 1 N–H and O–H groups in total. The van der Waals surface area contributed by atoms with E-state index < -0.39 is 0 Å². The molecular formula is C18H19NO6. The van der Waals surface area contributed by atoms with Crippen LogP contribution in [0.15, 0.2) is 36.4 Å². The minimum atomic E-state index is -0.370. The second kappa shape index (κ2) is 8.58. The van der Waals surface area contributed by atoms with Crippen molar-refractivity contribution in [2.75, 3.05) is 33.3 Å². The quantitative estimate of drug-likeness (QED) is 0.740. The van der Waals surface area contributed by atoms with E-state index in [0.717, 1.165) is 0 Å². The van der Waals surface area contributed by atoms with Gasteiger partial charge in [-0.3, -0.25) is 9.59 Å². The molecule has 0 aromatic heterocycles. The minimum Gasteiger partial charge on any atom is -0.493 e. The molecule has 2 aromatic carbocycles. The molecule has 0 aliphatic heterocycles. The van der Waals surface area contributed by atoms with E-state index in [-0.39, 0.29) is 12.5 Å². The summed E-state index contributed by atoms with van der Waals surface area (Å²) in [6.45, 7) is -0.243. The number of ether oxygens (including phenoxy) is 4. The zero-order valence-electron chi connectivity index (χ0n) is 14.2. The van der Waals surface area contributed by atoms with Gasteiger partial charge in [-0.2, -0.15) is 0 Å². The van der Waals surface area contributed by atoms with Crippen LogP contribution in [0, 0.1) is 0 Å². The van der Waals surface area contributed by atoms with Crippen LogP contribution < -0.4 is 24.3 Å². The van der Waals surface area contributed by atoms with Gasteiger partial charge in [-0.05, 0) is 30.3 Å². The summed E-state index contributed by atoms with van der Waals surface area (Å²) in [5.74, 6) is 1.44. The zero-order chi connectivity index (χ0) is 18.2. The van der Waals surface area contributed by atoms with Gasteiger partial charge in [-0.15, -0.1) is 0 Å². The Balaban J connectivity index is 2.03. The zero-order valence-corrected chi connectivity index (χ0v) is 14.2. The topological polar surface area (TPSA) is 83.1 Å². The van der Waals surface area contributed by atoms with E-state index >= 15 is 0 Å². The SMILES string of the molecule is COc1ccc(NC(=O)COc2cc(C=O)ccc2OC)cc1OC. The Morgan fingerprint density at radius 3 is 2.20 bits per heavy atom. The van der Waals surface area contributed by atoms with Crippen LogP contribution in [0.2, 0.25) is 0 Å². The van der Waals surface area contributed by atoms with Gasteiger partial charge < -0.3 is 24.3 Å². The third-order valence-corrected chi connectivity index (χ3v) is 3.35. The molecule has 0 heterocycles. The molecule has 0 saturated carbocycles. The number of carbonyl (C=O) groups excluding carboxylic acids is 2. The monoisotopic (exact) mass is 345 g/mol. The van der Waals surface area contributed by atoms with Gasteiger partial charge in [0.25, 0.3) is 5.91 Å². The Bertz CT molecular complexity index is 759. The van der Waals surface area contributed by atoms with Crippen molar-refractivity contribution in [3.8, 4) is 23.0 Å². The van der Waals surface area contributed by atoms with Gasteiger partial charge in [-0.25, -0.2) is 0 Å². The van der Waals surface area contributed by atoms with E-state index in [9.17, 15) is 9.59 Å². The number of hydrogen-bond acceptors (Lipinski definition) is 6. The average molecular weight is 345 g/mol. The van der Waals surface area contributed by atoms with Gasteiger partial charge in [0.15, 0.2) is 29.6 Å². The third-order valence-electron chi connectivity index (χ3n) is 3.35. The maximum Gasteiger partial charge on any atom is 0.262 e. The highest BCUT2D eigenvalue weighted by molar-refractivity contribution is 5.92. The van der Waals surface area contributed by atoms with Gasteiger partial charge in [0.2, 0.25) is 0 Å². The van der Waals surface area contributed by atoms with E-state index in [4.69, 9.17) is 18.9 Å². The third kappa shape index (κ3) is 4.63. The molecule has 0 saturated heterocycles. The lowest BCUT2D eigenvalue weighted by atomic mass is 10.2. The fourth-order valence-corrected chi connectivity index (χ4v) is 2.13. The number of carbonyl (C=O) groups is 2. The van der Waals surface area contributed by atoms with E-state index in [1.54, 1.807) is 30.3 Å². The lowest BCUT2D eigenvalue weighted by molar-refractivity contribution is -0.118. The minimum absolute atomic E-state index is 0.243. The number of aldehydes is 1. The van der Waals surface area contributed by atoms with Gasteiger partial charge in [0.05, 0.1) is 21.3 Å². The van der Waals surface area contributed by atoms with Gasteiger partial charge in [0.1, 0.15) is 6.29 Å². The predicted octanol–water partition coefficient (Wildman–Crippen LogP) is 2.54. The molecule has 25 heavy (non-hydrogen) atoms. The lowest BCUT2D eigenvalue weighted by Gasteiger charge is -2.12. The van der Waals surface area contributed by atoms with Crippen LogP contribution in [0.4, 0.5) is 5.69 Å². The normalized spacial score (nSPS) is 9.88. The second-order valence-electron chi connectivity index (χ2n) is 4.93. The summed E-state index contributed by atoms with van der Waals surface area (Å²) in [4.78, 5) is 22.9. The summed E-state index contributed by atoms with van der Waals surface area (Å²) in [5.41, 5.74) is 0.968. The van der Waals surface area contributed by atoms with Gasteiger partial charge in [-0.1, -0.05) is 0 Å². The fourth-order valence-electron chi connectivity index (χ4n) is 2.13. The number of anilines is 1. The number of nitrogens with one attached hydrogen (secondary N) is 1. The Labute approximate surface area is 145 Å². The van der Waals surface area contributed by atoms with Crippen LogP contribution in [0.25, 0.3) is 0 Å². The highest BCUT2D eigenvalue weighted by atomic mass is 16.5. The van der Waals surface area contributed by atoms with E-state index in [1.165, 1.54) is 27.4 Å². The molecule has 2 aromatic rings. The van der Waals surface area contributed by atoms with Crippen molar-refractivity contribution in [2.45, 2.75) is 0 Å². The van der Waals surface area contributed by atoms with Crippen molar-refractivity contribution in [3.05, 3.63) is 42.0 Å². The molecule has 2 rings (SSSR count). The summed E-state index contributed by atoms with van der Waals surface area (Å²) in [7, 11) is 4.52. The van der Waals surface area contributed by atoms with Crippen LogP contribution in [0.5, 0.6) is 23.0 Å². The maximum absolute atomic E-state index is 12.1. The number of rotatable bonds is 8. The van der Waals surface area contributed by atoms with Crippen molar-refractivity contribution in [1.82, 2.24) is 0 Å². The number of benzene rings is 2. The molecule has 0 spiro atoms. The Kier molecular flexibility index (Phi) is 6.22. The molecule has 0 fully saturated rings. The molecule has 1 amide bonds. The van der Waals surface area contributed by atoms with Crippen molar-refractivity contribution in [3.63, 3.8) is 0 Å². The van der Waals surface area contributed by atoms with E-state index in [2.05, 4.69) is 5.32 Å². The van der Waals surface area contributed by atoms with Crippen molar-refractivity contribution in [1.29, 1.82) is 0 Å². The number of amides is 1. The van der Waals surface area contributed by atoms with Crippen LogP contribution in [-0.2, 0) is 4.79 Å².